The first-order valence-corrected chi connectivity index (χ1v) is 6.83. The molecule has 0 saturated heterocycles. The molecule has 2 rings (SSSR count). The molecule has 0 atom stereocenters. The maximum absolute atomic E-state index is 4.52. The summed E-state index contributed by atoms with van der Waals surface area (Å²) in [6.07, 6.45) is 4.61. The quantitative estimate of drug-likeness (QED) is 0.933. The van der Waals surface area contributed by atoms with Gasteiger partial charge in [-0.2, -0.15) is 11.3 Å². The fraction of sp³-hybridized carbons (Fsp3) is 0.273. The first kappa shape index (κ1) is 11.5. The van der Waals surface area contributed by atoms with Gasteiger partial charge in [-0.1, -0.05) is 6.92 Å². The molecule has 0 unspecified atom stereocenters. The monoisotopic (exact) mass is 297 g/mol. The van der Waals surface area contributed by atoms with Crippen LogP contribution in [0, 0.1) is 0 Å². The average molecular weight is 298 g/mol. The Labute approximate surface area is 107 Å². The van der Waals surface area contributed by atoms with Crippen molar-refractivity contribution in [3.8, 4) is 11.3 Å². The van der Waals surface area contributed by atoms with Gasteiger partial charge >= 0.3 is 0 Å². The first-order chi connectivity index (χ1) is 7.81. The fourth-order valence-electron chi connectivity index (χ4n) is 1.30. The number of anilines is 1. The maximum atomic E-state index is 4.52. The summed E-state index contributed by atoms with van der Waals surface area (Å²) in [6, 6.07) is 0. The van der Waals surface area contributed by atoms with E-state index in [9.17, 15) is 0 Å². The molecule has 0 radical (unpaired) electrons. The van der Waals surface area contributed by atoms with Gasteiger partial charge in [0.2, 0.25) is 0 Å². The topological polar surface area (TPSA) is 37.8 Å². The van der Waals surface area contributed by atoms with E-state index in [1.807, 2.05) is 5.38 Å². The number of rotatable bonds is 4. The standard InChI is InChI=1S/C11H12BrN3S/c1-2-3-14-11-5-13-4-10(15-11)8-6-16-7-9(8)12/h4-7H,2-3H2,1H3,(H,14,15). The summed E-state index contributed by atoms with van der Waals surface area (Å²) >= 11 is 5.15. The maximum Gasteiger partial charge on any atom is 0.145 e. The van der Waals surface area contributed by atoms with E-state index in [-0.39, 0.29) is 0 Å². The molecule has 5 heteroatoms. The van der Waals surface area contributed by atoms with Gasteiger partial charge < -0.3 is 5.32 Å². The summed E-state index contributed by atoms with van der Waals surface area (Å²) in [6.45, 7) is 3.04. The summed E-state index contributed by atoms with van der Waals surface area (Å²) in [5.41, 5.74) is 1.99. The summed E-state index contributed by atoms with van der Waals surface area (Å²) in [7, 11) is 0. The Bertz CT molecular complexity index is 470. The number of aromatic nitrogens is 2. The predicted molar refractivity (Wildman–Crippen MR) is 71.8 cm³/mol. The van der Waals surface area contributed by atoms with Crippen molar-refractivity contribution in [1.29, 1.82) is 0 Å². The Morgan fingerprint density at radius 1 is 1.38 bits per heavy atom. The van der Waals surface area contributed by atoms with Crippen LogP contribution >= 0.6 is 27.3 Å². The van der Waals surface area contributed by atoms with Crippen LogP contribution in [0.5, 0.6) is 0 Å². The lowest BCUT2D eigenvalue weighted by Gasteiger charge is -2.04. The third-order valence-corrected chi connectivity index (χ3v) is 3.78. The zero-order chi connectivity index (χ0) is 11.4. The zero-order valence-electron chi connectivity index (χ0n) is 8.90. The predicted octanol–water partition coefficient (Wildman–Crippen LogP) is 3.79. The third-order valence-electron chi connectivity index (χ3n) is 2.08. The minimum absolute atomic E-state index is 0.831. The Hall–Kier alpha value is -0.940. The molecule has 0 aromatic carbocycles. The van der Waals surface area contributed by atoms with E-state index in [0.717, 1.165) is 34.5 Å². The first-order valence-electron chi connectivity index (χ1n) is 5.09. The van der Waals surface area contributed by atoms with Crippen molar-refractivity contribution >= 4 is 33.1 Å². The molecular weight excluding hydrogens is 286 g/mol. The van der Waals surface area contributed by atoms with Gasteiger partial charge in [0.1, 0.15) is 5.82 Å². The number of nitrogens with zero attached hydrogens (tertiary/aromatic N) is 2. The lowest BCUT2D eigenvalue weighted by molar-refractivity contribution is 0.965. The number of hydrogen-bond acceptors (Lipinski definition) is 4. The van der Waals surface area contributed by atoms with Gasteiger partial charge in [0, 0.05) is 27.3 Å². The highest BCUT2D eigenvalue weighted by Gasteiger charge is 2.06. The van der Waals surface area contributed by atoms with Gasteiger partial charge in [-0.15, -0.1) is 0 Å². The van der Waals surface area contributed by atoms with Crippen molar-refractivity contribution in [2.24, 2.45) is 0 Å². The smallest absolute Gasteiger partial charge is 0.145 e. The van der Waals surface area contributed by atoms with Crippen LogP contribution in [0.3, 0.4) is 0 Å². The van der Waals surface area contributed by atoms with E-state index in [4.69, 9.17) is 0 Å². The van der Waals surface area contributed by atoms with Crippen LogP contribution in [0.15, 0.2) is 27.6 Å². The Kier molecular flexibility index (Phi) is 3.90. The number of thiophene rings is 1. The molecule has 2 heterocycles. The molecule has 84 valence electrons. The van der Waals surface area contributed by atoms with Crippen molar-refractivity contribution in [3.63, 3.8) is 0 Å². The lowest BCUT2D eigenvalue weighted by Crippen LogP contribution is -2.02. The largest absolute Gasteiger partial charge is 0.369 e. The van der Waals surface area contributed by atoms with Crippen molar-refractivity contribution in [2.45, 2.75) is 13.3 Å². The minimum atomic E-state index is 0.831. The highest BCUT2D eigenvalue weighted by atomic mass is 79.9. The molecule has 0 spiro atoms. The zero-order valence-corrected chi connectivity index (χ0v) is 11.3. The Morgan fingerprint density at radius 3 is 2.94 bits per heavy atom. The molecule has 0 aliphatic rings. The van der Waals surface area contributed by atoms with Crippen LogP contribution in [0.25, 0.3) is 11.3 Å². The molecule has 16 heavy (non-hydrogen) atoms. The fourth-order valence-corrected chi connectivity index (χ4v) is 2.79. The normalized spacial score (nSPS) is 10.4. The summed E-state index contributed by atoms with van der Waals surface area (Å²) in [4.78, 5) is 8.71. The van der Waals surface area contributed by atoms with E-state index < -0.39 is 0 Å². The third kappa shape index (κ3) is 2.59. The molecule has 2 aromatic rings. The molecule has 0 bridgehead atoms. The molecule has 0 fully saturated rings. The minimum Gasteiger partial charge on any atom is -0.369 e. The number of halogens is 1. The molecule has 2 aromatic heterocycles. The van der Waals surface area contributed by atoms with Gasteiger partial charge in [0.15, 0.2) is 0 Å². The van der Waals surface area contributed by atoms with E-state index in [0.29, 0.717) is 0 Å². The van der Waals surface area contributed by atoms with Crippen LogP contribution < -0.4 is 5.32 Å². The van der Waals surface area contributed by atoms with Gasteiger partial charge in [0.25, 0.3) is 0 Å². The van der Waals surface area contributed by atoms with E-state index in [1.165, 1.54) is 0 Å². The average Bonchev–Trinajstić information content (AvgIpc) is 2.73. The van der Waals surface area contributed by atoms with Crippen molar-refractivity contribution < 1.29 is 0 Å². The Morgan fingerprint density at radius 2 is 2.25 bits per heavy atom. The van der Waals surface area contributed by atoms with E-state index in [1.54, 1.807) is 23.7 Å². The van der Waals surface area contributed by atoms with Crippen LogP contribution in [0.1, 0.15) is 13.3 Å². The molecule has 0 saturated carbocycles. The molecule has 3 nitrogen and oxygen atoms in total. The molecule has 1 N–H and O–H groups in total. The lowest BCUT2D eigenvalue weighted by atomic mass is 10.2. The van der Waals surface area contributed by atoms with Gasteiger partial charge in [-0.3, -0.25) is 4.98 Å². The van der Waals surface area contributed by atoms with Crippen molar-refractivity contribution in [2.75, 3.05) is 11.9 Å². The number of nitrogens with one attached hydrogen (secondary N) is 1. The van der Waals surface area contributed by atoms with Crippen molar-refractivity contribution in [3.05, 3.63) is 27.6 Å². The molecule has 0 aliphatic carbocycles. The molecule has 0 amide bonds. The van der Waals surface area contributed by atoms with Crippen LogP contribution in [0.2, 0.25) is 0 Å². The van der Waals surface area contributed by atoms with Crippen LogP contribution in [-0.4, -0.2) is 16.5 Å². The van der Waals surface area contributed by atoms with Crippen LogP contribution in [-0.2, 0) is 0 Å². The second kappa shape index (κ2) is 5.41. The molecule has 0 aliphatic heterocycles. The Balaban J connectivity index is 2.26. The highest BCUT2D eigenvalue weighted by Crippen LogP contribution is 2.30. The van der Waals surface area contributed by atoms with E-state index in [2.05, 4.69) is 43.5 Å². The summed E-state index contributed by atoms with van der Waals surface area (Å²) in [5.74, 6) is 0.831. The van der Waals surface area contributed by atoms with E-state index >= 15 is 0 Å². The highest BCUT2D eigenvalue weighted by molar-refractivity contribution is 9.10. The molecular formula is C11H12BrN3S. The summed E-state index contributed by atoms with van der Waals surface area (Å²) in [5, 5.41) is 7.34. The summed E-state index contributed by atoms with van der Waals surface area (Å²) < 4.78 is 1.07. The second-order valence-electron chi connectivity index (χ2n) is 3.35. The van der Waals surface area contributed by atoms with Gasteiger partial charge in [-0.05, 0) is 22.4 Å². The SMILES string of the molecule is CCCNc1cncc(-c2cscc2Br)n1. The van der Waals surface area contributed by atoms with Gasteiger partial charge in [0.05, 0.1) is 18.1 Å². The second-order valence-corrected chi connectivity index (χ2v) is 4.95. The number of hydrogen-bond donors (Lipinski definition) is 1. The van der Waals surface area contributed by atoms with Gasteiger partial charge in [-0.25, -0.2) is 4.98 Å². The van der Waals surface area contributed by atoms with Crippen molar-refractivity contribution in [1.82, 2.24) is 9.97 Å². The van der Waals surface area contributed by atoms with Crippen LogP contribution in [0.4, 0.5) is 5.82 Å².